The molecule has 3 aromatic rings. The van der Waals surface area contributed by atoms with Gasteiger partial charge in [0.25, 0.3) is 0 Å². The number of Topliss-reactive ketones (excluding diaryl/α,β-unsaturated/α-hetero) is 1. The molecule has 0 fully saturated rings. The van der Waals surface area contributed by atoms with Crippen LogP contribution in [0.1, 0.15) is 15.9 Å². The lowest BCUT2D eigenvalue weighted by Crippen LogP contribution is -2.24. The van der Waals surface area contributed by atoms with E-state index in [1.165, 1.54) is 6.08 Å². The summed E-state index contributed by atoms with van der Waals surface area (Å²) in [5.41, 5.74) is 1.40. The monoisotopic (exact) mass is 368 g/mol. The Morgan fingerprint density at radius 1 is 1.12 bits per heavy atom. The van der Waals surface area contributed by atoms with Crippen molar-refractivity contribution >= 4 is 21.7 Å². The van der Waals surface area contributed by atoms with Gasteiger partial charge in [-0.2, -0.15) is 5.10 Å². The molecule has 0 aliphatic carbocycles. The number of hydrogen-bond acceptors (Lipinski definition) is 4. The Hall–Kier alpha value is -3.06. The zero-order chi connectivity index (χ0) is 18.3. The molecule has 5 nitrogen and oxygen atoms in total. The Morgan fingerprint density at radius 3 is 2.65 bits per heavy atom. The third-order valence-corrected chi connectivity index (χ3v) is 5.84. The molecule has 7 heteroatoms. The van der Waals surface area contributed by atoms with Crippen molar-refractivity contribution in [2.24, 2.45) is 0 Å². The zero-order valence-corrected chi connectivity index (χ0v) is 14.3. The first-order chi connectivity index (χ1) is 12.4. The highest BCUT2D eigenvalue weighted by molar-refractivity contribution is 7.91. The zero-order valence-electron chi connectivity index (χ0n) is 13.5. The number of halogens is 1. The molecule has 0 saturated heterocycles. The number of carbonyl (C=O) groups excluding carboxylic acids is 1. The summed E-state index contributed by atoms with van der Waals surface area (Å²) < 4.78 is 40.0. The van der Waals surface area contributed by atoms with E-state index >= 15 is 0 Å². The molecular formula is C19H13FN2O3S. The molecule has 0 N–H and O–H groups in total. The van der Waals surface area contributed by atoms with E-state index in [2.05, 4.69) is 5.10 Å². The SMILES string of the molecule is O=C1C(=Cc2cnn(-c3ccccc3)c2)CS(=O)(=O)c2ccc(F)cc21. The molecule has 0 radical (unpaired) electrons. The van der Waals surface area contributed by atoms with Gasteiger partial charge in [-0.1, -0.05) is 18.2 Å². The summed E-state index contributed by atoms with van der Waals surface area (Å²) in [5, 5.41) is 4.22. The number of carbonyl (C=O) groups is 1. The lowest BCUT2D eigenvalue weighted by atomic mass is 10.0. The minimum Gasteiger partial charge on any atom is -0.289 e. The number of fused-ring (bicyclic) bond motifs is 1. The van der Waals surface area contributed by atoms with Crippen molar-refractivity contribution < 1.29 is 17.6 Å². The van der Waals surface area contributed by atoms with Crippen molar-refractivity contribution in [3.05, 3.63) is 83.4 Å². The third-order valence-electron chi connectivity index (χ3n) is 4.12. The topological polar surface area (TPSA) is 69.0 Å². The molecule has 0 spiro atoms. The van der Waals surface area contributed by atoms with Crippen molar-refractivity contribution in [1.29, 1.82) is 0 Å². The summed E-state index contributed by atoms with van der Waals surface area (Å²) in [7, 11) is -3.69. The molecule has 26 heavy (non-hydrogen) atoms. The Kier molecular flexibility index (Phi) is 3.81. The number of rotatable bonds is 2. The molecular weight excluding hydrogens is 355 g/mol. The first-order valence-corrected chi connectivity index (χ1v) is 9.47. The van der Waals surface area contributed by atoms with Gasteiger partial charge in [0.05, 0.1) is 22.5 Å². The lowest BCUT2D eigenvalue weighted by Gasteiger charge is -2.17. The number of ketones is 1. The molecule has 1 aliphatic rings. The van der Waals surface area contributed by atoms with Gasteiger partial charge in [0.15, 0.2) is 15.6 Å². The smallest absolute Gasteiger partial charge is 0.191 e. The first-order valence-electron chi connectivity index (χ1n) is 7.82. The number of aromatic nitrogens is 2. The van der Waals surface area contributed by atoms with Gasteiger partial charge in [0.2, 0.25) is 0 Å². The average molecular weight is 368 g/mol. The van der Waals surface area contributed by atoms with E-state index in [1.807, 2.05) is 30.3 Å². The predicted octanol–water partition coefficient (Wildman–Crippen LogP) is 3.07. The van der Waals surface area contributed by atoms with Crippen molar-refractivity contribution in [3.63, 3.8) is 0 Å². The number of hydrogen-bond donors (Lipinski definition) is 0. The largest absolute Gasteiger partial charge is 0.289 e. The van der Waals surface area contributed by atoms with Crippen LogP contribution in [0.5, 0.6) is 0 Å². The molecule has 0 amide bonds. The second-order valence-corrected chi connectivity index (χ2v) is 7.91. The quantitative estimate of drug-likeness (QED) is 0.515. The van der Waals surface area contributed by atoms with Crippen molar-refractivity contribution in [3.8, 4) is 5.69 Å². The number of benzene rings is 2. The standard InChI is InChI=1S/C19H13FN2O3S/c20-15-6-7-18-17(9-15)19(23)14(12-26(18,24)25)8-13-10-21-22(11-13)16-4-2-1-3-5-16/h1-11H,12H2. The van der Waals surface area contributed by atoms with Gasteiger partial charge >= 0.3 is 0 Å². The van der Waals surface area contributed by atoms with E-state index in [4.69, 9.17) is 0 Å². The maximum absolute atomic E-state index is 13.5. The summed E-state index contributed by atoms with van der Waals surface area (Å²) in [6.07, 6.45) is 4.73. The molecule has 130 valence electrons. The normalized spacial score (nSPS) is 17.3. The molecule has 0 saturated carbocycles. The van der Waals surface area contributed by atoms with Gasteiger partial charge in [-0.3, -0.25) is 4.79 Å². The minimum atomic E-state index is -3.69. The van der Waals surface area contributed by atoms with Crippen LogP contribution in [0.25, 0.3) is 11.8 Å². The van der Waals surface area contributed by atoms with Crippen LogP contribution in [-0.4, -0.2) is 29.7 Å². The van der Waals surface area contributed by atoms with Crippen LogP contribution in [0, 0.1) is 5.82 Å². The van der Waals surface area contributed by atoms with Gasteiger partial charge < -0.3 is 0 Å². The summed E-state index contributed by atoms with van der Waals surface area (Å²) in [5.74, 6) is -1.55. The Labute approximate surface area is 149 Å². The maximum atomic E-state index is 13.5. The molecule has 2 aromatic carbocycles. The fraction of sp³-hybridized carbons (Fsp3) is 0.0526. The highest BCUT2D eigenvalue weighted by Crippen LogP contribution is 2.29. The van der Waals surface area contributed by atoms with Crippen molar-refractivity contribution in [1.82, 2.24) is 9.78 Å². The van der Waals surface area contributed by atoms with Crippen LogP contribution in [0.3, 0.4) is 0 Å². The van der Waals surface area contributed by atoms with E-state index in [1.54, 1.807) is 17.1 Å². The van der Waals surface area contributed by atoms with E-state index in [9.17, 15) is 17.6 Å². The van der Waals surface area contributed by atoms with E-state index < -0.39 is 27.2 Å². The Balaban J connectivity index is 1.75. The molecule has 1 aliphatic heterocycles. The van der Waals surface area contributed by atoms with Crippen LogP contribution in [0.15, 0.2) is 71.4 Å². The van der Waals surface area contributed by atoms with Crippen LogP contribution in [0.4, 0.5) is 4.39 Å². The average Bonchev–Trinajstić information content (AvgIpc) is 3.08. The van der Waals surface area contributed by atoms with Gasteiger partial charge in [-0.25, -0.2) is 17.5 Å². The maximum Gasteiger partial charge on any atom is 0.191 e. The highest BCUT2D eigenvalue weighted by atomic mass is 32.2. The Bertz CT molecular complexity index is 1150. The third kappa shape index (κ3) is 2.86. The molecule has 1 aromatic heterocycles. The van der Waals surface area contributed by atoms with Gasteiger partial charge in [-0.05, 0) is 36.4 Å². The number of nitrogens with zero attached hydrogens (tertiary/aromatic N) is 2. The van der Waals surface area contributed by atoms with Crippen LogP contribution < -0.4 is 0 Å². The fourth-order valence-corrected chi connectivity index (χ4v) is 4.45. The summed E-state index contributed by atoms with van der Waals surface area (Å²) >= 11 is 0. The highest BCUT2D eigenvalue weighted by Gasteiger charge is 2.33. The Morgan fingerprint density at radius 2 is 1.88 bits per heavy atom. The molecule has 0 unspecified atom stereocenters. The van der Waals surface area contributed by atoms with Crippen molar-refractivity contribution in [2.45, 2.75) is 4.90 Å². The summed E-state index contributed by atoms with van der Waals surface area (Å²) in [4.78, 5) is 12.5. The molecule has 0 atom stereocenters. The summed E-state index contributed by atoms with van der Waals surface area (Å²) in [6, 6.07) is 12.5. The second kappa shape index (κ2) is 6.03. The van der Waals surface area contributed by atoms with Gasteiger partial charge in [-0.15, -0.1) is 0 Å². The molecule has 4 rings (SSSR count). The van der Waals surface area contributed by atoms with Crippen LogP contribution >= 0.6 is 0 Å². The number of para-hydroxylation sites is 1. The molecule has 2 heterocycles. The van der Waals surface area contributed by atoms with E-state index in [0.717, 1.165) is 23.9 Å². The summed E-state index contributed by atoms with van der Waals surface area (Å²) in [6.45, 7) is 0. The van der Waals surface area contributed by atoms with E-state index in [-0.39, 0.29) is 16.0 Å². The van der Waals surface area contributed by atoms with Gasteiger partial charge in [0, 0.05) is 22.9 Å². The first kappa shape index (κ1) is 16.4. The van der Waals surface area contributed by atoms with Crippen LogP contribution in [-0.2, 0) is 9.84 Å². The minimum absolute atomic E-state index is 0.0933. The van der Waals surface area contributed by atoms with E-state index in [0.29, 0.717) is 5.56 Å². The predicted molar refractivity (Wildman–Crippen MR) is 94.3 cm³/mol. The van der Waals surface area contributed by atoms with Gasteiger partial charge in [0.1, 0.15) is 5.82 Å². The second-order valence-electron chi connectivity index (χ2n) is 5.95. The van der Waals surface area contributed by atoms with Crippen LogP contribution in [0.2, 0.25) is 0 Å². The van der Waals surface area contributed by atoms with Crippen molar-refractivity contribution in [2.75, 3.05) is 5.75 Å². The molecule has 0 bridgehead atoms. The lowest BCUT2D eigenvalue weighted by molar-refractivity contribution is 0.103. The fourth-order valence-electron chi connectivity index (χ4n) is 2.91. The number of sulfone groups is 1.